The lowest BCUT2D eigenvalue weighted by atomic mass is 10.2. The maximum Gasteiger partial charge on any atom is 0.322 e. The zero-order valence-electron chi connectivity index (χ0n) is 18.1. The van der Waals surface area contributed by atoms with Gasteiger partial charge in [0.05, 0.1) is 18.8 Å². The molecular weight excluding hydrogens is 387 g/mol. The van der Waals surface area contributed by atoms with Gasteiger partial charge < -0.3 is 24.4 Å². The van der Waals surface area contributed by atoms with Crippen molar-refractivity contribution >= 4 is 17.6 Å². The molecule has 0 fully saturated rings. The van der Waals surface area contributed by atoms with Crippen molar-refractivity contribution in [1.29, 1.82) is 0 Å². The molecule has 0 radical (unpaired) electrons. The normalized spacial score (nSPS) is 11.8. The number of hydrogen-bond acceptors (Lipinski definition) is 3. The highest BCUT2D eigenvalue weighted by Gasteiger charge is 2.25. The summed E-state index contributed by atoms with van der Waals surface area (Å²) in [5, 5.41) is 2.58. The van der Waals surface area contributed by atoms with E-state index in [2.05, 4.69) is 5.32 Å². The number of hydrogen-bond donors (Lipinski definition) is 1. The third-order valence-corrected chi connectivity index (χ3v) is 5.13. The molecule has 2 rings (SSSR count). The van der Waals surface area contributed by atoms with E-state index in [-0.39, 0.29) is 24.2 Å². The number of nitrogens with one attached hydrogen (secondary N) is 1. The fourth-order valence-electron chi connectivity index (χ4n) is 2.99. The molecule has 7 nitrogen and oxygen atoms in total. The summed E-state index contributed by atoms with van der Waals surface area (Å²) in [6, 6.07) is 9.13. The number of carbonyl (C=O) groups is 2. The van der Waals surface area contributed by atoms with E-state index in [1.54, 1.807) is 24.1 Å². The van der Waals surface area contributed by atoms with E-state index in [4.69, 9.17) is 4.74 Å². The number of amides is 3. The van der Waals surface area contributed by atoms with Crippen LogP contribution in [0.2, 0.25) is 0 Å². The Morgan fingerprint density at radius 3 is 2.57 bits per heavy atom. The molecule has 0 unspecified atom stereocenters. The van der Waals surface area contributed by atoms with Crippen LogP contribution in [0.15, 0.2) is 42.6 Å². The molecule has 1 N–H and O–H groups in total. The minimum Gasteiger partial charge on any atom is -0.383 e. The van der Waals surface area contributed by atoms with E-state index < -0.39 is 11.8 Å². The topological polar surface area (TPSA) is 66.8 Å². The van der Waals surface area contributed by atoms with Crippen molar-refractivity contribution in [2.45, 2.75) is 32.9 Å². The van der Waals surface area contributed by atoms with Crippen molar-refractivity contribution in [2.75, 3.05) is 32.1 Å². The minimum atomic E-state index is -0.522. The first-order valence-corrected chi connectivity index (χ1v) is 10.1. The molecule has 8 heteroatoms. The maximum absolute atomic E-state index is 14.0. The molecule has 164 valence electrons. The Hall–Kier alpha value is -2.87. The summed E-state index contributed by atoms with van der Waals surface area (Å²) in [6.07, 6.45) is 2.58. The number of urea groups is 1. The standard InChI is InChI=1S/C22H31FN4O3/c1-5-17(2)27(22(29)24-20-11-7-6-10-19(20)23)16-21(28)26(13-14-30-4)15-18-9-8-12-25(18)3/h6-12,17H,5,13-16H2,1-4H3,(H,24,29)/t17-/m1/s1. The number of methoxy groups -OCH3 is 1. The van der Waals surface area contributed by atoms with E-state index in [0.717, 1.165) is 5.69 Å². The SMILES string of the molecule is CC[C@@H](C)N(CC(=O)N(CCOC)Cc1cccn1C)C(=O)Nc1ccccc1F. The van der Waals surface area contributed by atoms with Crippen molar-refractivity contribution in [2.24, 2.45) is 7.05 Å². The molecule has 0 saturated heterocycles. The molecule has 0 aliphatic carbocycles. The van der Waals surface area contributed by atoms with Gasteiger partial charge in [0.25, 0.3) is 0 Å². The van der Waals surface area contributed by atoms with Gasteiger partial charge >= 0.3 is 6.03 Å². The number of halogens is 1. The van der Waals surface area contributed by atoms with Gasteiger partial charge in [-0.3, -0.25) is 4.79 Å². The number of anilines is 1. The summed E-state index contributed by atoms with van der Waals surface area (Å²) in [5.74, 6) is -0.719. The van der Waals surface area contributed by atoms with Crippen LogP contribution in [-0.4, -0.2) is 59.2 Å². The quantitative estimate of drug-likeness (QED) is 0.643. The highest BCUT2D eigenvalue weighted by molar-refractivity contribution is 5.92. The Bertz CT molecular complexity index is 839. The zero-order chi connectivity index (χ0) is 22.1. The van der Waals surface area contributed by atoms with Crippen molar-refractivity contribution < 1.29 is 18.7 Å². The average Bonchev–Trinajstić information content (AvgIpc) is 3.14. The summed E-state index contributed by atoms with van der Waals surface area (Å²) in [4.78, 5) is 29.1. The number of aryl methyl sites for hydroxylation is 1. The predicted octanol–water partition coefficient (Wildman–Crippen LogP) is 3.47. The maximum atomic E-state index is 14.0. The van der Waals surface area contributed by atoms with Gasteiger partial charge in [-0.2, -0.15) is 0 Å². The second-order valence-corrected chi connectivity index (χ2v) is 7.21. The summed E-state index contributed by atoms with van der Waals surface area (Å²) in [5.41, 5.74) is 1.06. The van der Waals surface area contributed by atoms with Gasteiger partial charge in [0.2, 0.25) is 5.91 Å². The molecule has 0 aliphatic heterocycles. The molecule has 30 heavy (non-hydrogen) atoms. The summed E-state index contributed by atoms with van der Waals surface area (Å²) in [7, 11) is 3.50. The van der Waals surface area contributed by atoms with Crippen LogP contribution < -0.4 is 5.32 Å². The van der Waals surface area contributed by atoms with Crippen LogP contribution in [0.3, 0.4) is 0 Å². The minimum absolute atomic E-state index is 0.0864. The largest absolute Gasteiger partial charge is 0.383 e. The van der Waals surface area contributed by atoms with E-state index in [0.29, 0.717) is 26.1 Å². The van der Waals surface area contributed by atoms with E-state index in [9.17, 15) is 14.0 Å². The molecule has 1 aromatic carbocycles. The zero-order valence-corrected chi connectivity index (χ0v) is 18.1. The first-order valence-electron chi connectivity index (χ1n) is 10.1. The molecule has 1 heterocycles. The van der Waals surface area contributed by atoms with Gasteiger partial charge in [0.15, 0.2) is 0 Å². The summed E-state index contributed by atoms with van der Waals surface area (Å²) >= 11 is 0. The molecule has 3 amide bonds. The Morgan fingerprint density at radius 2 is 1.97 bits per heavy atom. The molecule has 0 saturated carbocycles. The van der Waals surface area contributed by atoms with Crippen LogP contribution >= 0.6 is 0 Å². The number of rotatable bonds is 10. The van der Waals surface area contributed by atoms with Crippen molar-refractivity contribution in [3.05, 3.63) is 54.1 Å². The molecule has 2 aromatic rings. The molecule has 1 aromatic heterocycles. The number of aromatic nitrogens is 1. The van der Waals surface area contributed by atoms with Crippen LogP contribution in [0.25, 0.3) is 0 Å². The van der Waals surface area contributed by atoms with Gasteiger partial charge in [0.1, 0.15) is 12.4 Å². The second-order valence-electron chi connectivity index (χ2n) is 7.21. The first kappa shape index (κ1) is 23.4. The number of benzene rings is 1. The summed E-state index contributed by atoms with van der Waals surface area (Å²) in [6.45, 7) is 4.90. The Balaban J connectivity index is 2.15. The van der Waals surface area contributed by atoms with Crippen LogP contribution in [0.4, 0.5) is 14.9 Å². The number of carbonyl (C=O) groups excluding carboxylic acids is 2. The lowest BCUT2D eigenvalue weighted by molar-refractivity contribution is -0.133. The van der Waals surface area contributed by atoms with E-state index in [1.165, 1.54) is 17.0 Å². The molecule has 0 aliphatic rings. The highest BCUT2D eigenvalue weighted by Crippen LogP contribution is 2.15. The fourth-order valence-corrected chi connectivity index (χ4v) is 2.99. The second kappa shape index (κ2) is 11.3. The van der Waals surface area contributed by atoms with Crippen LogP contribution in [-0.2, 0) is 23.1 Å². The smallest absolute Gasteiger partial charge is 0.322 e. The highest BCUT2D eigenvalue weighted by atomic mass is 19.1. The third kappa shape index (κ3) is 6.32. The molecule has 0 spiro atoms. The van der Waals surface area contributed by atoms with Crippen LogP contribution in [0.5, 0.6) is 0 Å². The van der Waals surface area contributed by atoms with Crippen LogP contribution in [0, 0.1) is 5.82 Å². The van der Waals surface area contributed by atoms with E-state index >= 15 is 0 Å². The number of nitrogens with zero attached hydrogens (tertiary/aromatic N) is 3. The van der Waals surface area contributed by atoms with Crippen molar-refractivity contribution in [1.82, 2.24) is 14.4 Å². The van der Waals surface area contributed by atoms with Crippen molar-refractivity contribution in [3.8, 4) is 0 Å². The fraction of sp³-hybridized carbons (Fsp3) is 0.455. The number of ether oxygens (including phenoxy) is 1. The lowest BCUT2D eigenvalue weighted by Gasteiger charge is -2.31. The van der Waals surface area contributed by atoms with E-state index in [1.807, 2.05) is 43.8 Å². The average molecular weight is 419 g/mol. The Morgan fingerprint density at radius 1 is 1.23 bits per heavy atom. The van der Waals surface area contributed by atoms with Gasteiger partial charge in [-0.05, 0) is 37.6 Å². The van der Waals surface area contributed by atoms with Gasteiger partial charge in [-0.15, -0.1) is 0 Å². The Labute approximate surface area is 177 Å². The monoisotopic (exact) mass is 418 g/mol. The molecule has 0 bridgehead atoms. The van der Waals surface area contributed by atoms with Gasteiger partial charge in [-0.1, -0.05) is 19.1 Å². The Kier molecular flexibility index (Phi) is 8.86. The van der Waals surface area contributed by atoms with Gasteiger partial charge in [0, 0.05) is 38.6 Å². The lowest BCUT2D eigenvalue weighted by Crippen LogP contribution is -2.48. The molecular formula is C22H31FN4O3. The first-order chi connectivity index (χ1) is 14.4. The predicted molar refractivity (Wildman–Crippen MR) is 115 cm³/mol. The number of para-hydroxylation sites is 1. The summed E-state index contributed by atoms with van der Waals surface area (Å²) < 4.78 is 21.1. The molecule has 1 atom stereocenters. The third-order valence-electron chi connectivity index (χ3n) is 5.13. The van der Waals surface area contributed by atoms with Crippen molar-refractivity contribution in [3.63, 3.8) is 0 Å². The van der Waals surface area contributed by atoms with Crippen LogP contribution in [0.1, 0.15) is 26.0 Å². The van der Waals surface area contributed by atoms with Gasteiger partial charge in [-0.25, -0.2) is 9.18 Å².